The van der Waals surface area contributed by atoms with Gasteiger partial charge >= 0.3 is 0 Å². The average Bonchev–Trinajstić information content (AvgIpc) is 3.55. The third kappa shape index (κ3) is 4.56. The number of benzene rings is 2. The number of ether oxygens (including phenoxy) is 2. The lowest BCUT2D eigenvalue weighted by Gasteiger charge is -2.10. The van der Waals surface area contributed by atoms with Crippen molar-refractivity contribution in [1.29, 1.82) is 0 Å². The second kappa shape index (κ2) is 9.38. The Kier molecular flexibility index (Phi) is 5.99. The summed E-state index contributed by atoms with van der Waals surface area (Å²) >= 11 is 0. The van der Waals surface area contributed by atoms with E-state index < -0.39 is 0 Å². The molecule has 1 unspecified atom stereocenters. The van der Waals surface area contributed by atoms with Gasteiger partial charge in [-0.25, -0.2) is 4.98 Å². The molecule has 1 aliphatic heterocycles. The molecule has 0 aliphatic carbocycles. The molecule has 1 atom stereocenters. The van der Waals surface area contributed by atoms with Gasteiger partial charge < -0.3 is 19.3 Å². The van der Waals surface area contributed by atoms with Crippen LogP contribution in [0.3, 0.4) is 0 Å². The van der Waals surface area contributed by atoms with Crippen LogP contribution in [0.25, 0.3) is 21.9 Å². The van der Waals surface area contributed by atoms with E-state index in [9.17, 15) is 4.79 Å². The minimum absolute atomic E-state index is 0.136. The van der Waals surface area contributed by atoms with Crippen molar-refractivity contribution in [2.45, 2.75) is 32.4 Å². The van der Waals surface area contributed by atoms with Crippen LogP contribution in [0.4, 0.5) is 0 Å². The Hall–Kier alpha value is -3.78. The molecule has 1 amide bonds. The third-order valence-corrected chi connectivity index (χ3v) is 5.56. The number of carbonyl (C=O) groups excluding carboxylic acids is 1. The summed E-state index contributed by atoms with van der Waals surface area (Å²) in [6.45, 7) is 3.38. The Morgan fingerprint density at radius 2 is 2.06 bits per heavy atom. The number of nitrogens with one attached hydrogen (secondary N) is 1. The van der Waals surface area contributed by atoms with Crippen molar-refractivity contribution < 1.29 is 18.8 Å². The van der Waals surface area contributed by atoms with E-state index in [0.29, 0.717) is 36.4 Å². The molecule has 0 bridgehead atoms. The van der Waals surface area contributed by atoms with Crippen LogP contribution in [-0.4, -0.2) is 34.2 Å². The number of carbonyl (C=O) groups is 1. The smallest absolute Gasteiger partial charge is 0.255 e. The van der Waals surface area contributed by atoms with Gasteiger partial charge in [-0.05, 0) is 66.4 Å². The predicted molar refractivity (Wildman–Crippen MR) is 122 cm³/mol. The average molecular weight is 444 g/mol. The number of fused-ring (bicyclic) bond motifs is 1. The molecular weight excluding hydrogens is 420 g/mol. The summed E-state index contributed by atoms with van der Waals surface area (Å²) in [6, 6.07) is 15.6. The Labute approximate surface area is 190 Å². The Morgan fingerprint density at radius 1 is 1.18 bits per heavy atom. The summed E-state index contributed by atoms with van der Waals surface area (Å²) in [7, 11) is 0. The van der Waals surface area contributed by atoms with Crippen LogP contribution in [0, 0.1) is 0 Å². The second-order valence-corrected chi connectivity index (χ2v) is 7.80. The van der Waals surface area contributed by atoms with Crippen molar-refractivity contribution in [2.75, 3.05) is 13.2 Å². The number of hydrogen-bond donors (Lipinski definition) is 1. The maximum Gasteiger partial charge on any atom is 0.255 e. The molecule has 2 aromatic carbocycles. The molecule has 168 valence electrons. The van der Waals surface area contributed by atoms with Crippen LogP contribution in [0.15, 0.2) is 59.3 Å². The molecule has 5 rings (SSSR count). The highest BCUT2D eigenvalue weighted by atomic mass is 16.5. The molecule has 1 aliphatic rings. The first kappa shape index (κ1) is 21.1. The van der Waals surface area contributed by atoms with Crippen LogP contribution in [0.1, 0.15) is 47.9 Å². The van der Waals surface area contributed by atoms with Crippen LogP contribution < -0.4 is 10.1 Å². The number of pyridine rings is 1. The normalized spacial score (nSPS) is 15.6. The van der Waals surface area contributed by atoms with Gasteiger partial charge in [-0.3, -0.25) is 4.79 Å². The van der Waals surface area contributed by atoms with Crippen LogP contribution in [-0.2, 0) is 11.3 Å². The van der Waals surface area contributed by atoms with Crippen LogP contribution in [0.2, 0.25) is 0 Å². The number of rotatable bonds is 7. The third-order valence-electron chi connectivity index (χ3n) is 5.56. The monoisotopic (exact) mass is 444 g/mol. The van der Waals surface area contributed by atoms with E-state index in [1.807, 2.05) is 49.4 Å². The lowest BCUT2D eigenvalue weighted by molar-refractivity contribution is 0.0835. The molecule has 0 saturated carbocycles. The molecule has 4 aromatic rings. The molecule has 0 radical (unpaired) electrons. The molecule has 2 aromatic heterocycles. The highest BCUT2D eigenvalue weighted by Crippen LogP contribution is 2.31. The second-order valence-electron chi connectivity index (χ2n) is 7.80. The van der Waals surface area contributed by atoms with Crippen LogP contribution in [0.5, 0.6) is 5.88 Å². The zero-order valence-electron chi connectivity index (χ0n) is 18.3. The fourth-order valence-corrected chi connectivity index (χ4v) is 3.92. The van der Waals surface area contributed by atoms with Gasteiger partial charge in [0.05, 0.1) is 13.2 Å². The summed E-state index contributed by atoms with van der Waals surface area (Å²) in [5.41, 5.74) is 2.51. The maximum absolute atomic E-state index is 12.7. The van der Waals surface area contributed by atoms with Crippen molar-refractivity contribution in [2.24, 2.45) is 0 Å². The Balaban J connectivity index is 1.29. The van der Waals surface area contributed by atoms with Gasteiger partial charge in [-0.1, -0.05) is 23.4 Å². The number of nitrogens with zero attached hydrogens (tertiary/aromatic N) is 3. The van der Waals surface area contributed by atoms with Gasteiger partial charge in [0.25, 0.3) is 11.8 Å². The van der Waals surface area contributed by atoms with Crippen molar-refractivity contribution >= 4 is 16.7 Å². The molecule has 1 N–H and O–H groups in total. The molecule has 3 heterocycles. The fraction of sp³-hybridized carbons (Fsp3) is 0.280. The lowest BCUT2D eigenvalue weighted by Crippen LogP contribution is -2.23. The van der Waals surface area contributed by atoms with Crippen molar-refractivity contribution in [3.63, 3.8) is 0 Å². The Morgan fingerprint density at radius 3 is 2.91 bits per heavy atom. The maximum atomic E-state index is 12.7. The first-order chi connectivity index (χ1) is 16.2. The zero-order chi connectivity index (χ0) is 22.6. The molecule has 8 nitrogen and oxygen atoms in total. The van der Waals surface area contributed by atoms with E-state index >= 15 is 0 Å². The van der Waals surface area contributed by atoms with Crippen LogP contribution >= 0.6 is 0 Å². The quantitative estimate of drug-likeness (QED) is 0.449. The van der Waals surface area contributed by atoms with E-state index in [4.69, 9.17) is 14.0 Å². The van der Waals surface area contributed by atoms with Gasteiger partial charge in [0.15, 0.2) is 5.82 Å². The SMILES string of the molecule is CCOc1ncccc1-c1ccc2cc(C(=O)NCc3noc(C4CCCO4)n3)ccc2c1. The van der Waals surface area contributed by atoms with Crippen molar-refractivity contribution in [3.8, 4) is 17.0 Å². The highest BCUT2D eigenvalue weighted by Gasteiger charge is 2.24. The van der Waals surface area contributed by atoms with E-state index in [0.717, 1.165) is 34.7 Å². The summed E-state index contributed by atoms with van der Waals surface area (Å²) < 4.78 is 16.5. The van der Waals surface area contributed by atoms with E-state index in [1.54, 1.807) is 6.20 Å². The van der Waals surface area contributed by atoms with Gasteiger partial charge in [0, 0.05) is 23.9 Å². The fourth-order valence-electron chi connectivity index (χ4n) is 3.92. The van der Waals surface area contributed by atoms with Gasteiger partial charge in [0.2, 0.25) is 5.88 Å². The molecule has 0 spiro atoms. The minimum atomic E-state index is -0.199. The summed E-state index contributed by atoms with van der Waals surface area (Å²) in [5, 5.41) is 8.78. The first-order valence-electron chi connectivity index (χ1n) is 11.1. The summed E-state index contributed by atoms with van der Waals surface area (Å²) in [6.07, 6.45) is 3.45. The summed E-state index contributed by atoms with van der Waals surface area (Å²) in [4.78, 5) is 21.3. The Bertz CT molecular complexity index is 1280. The number of hydrogen-bond acceptors (Lipinski definition) is 7. The van der Waals surface area contributed by atoms with E-state index in [1.165, 1.54) is 0 Å². The molecule has 1 fully saturated rings. The number of amides is 1. The predicted octanol–water partition coefficient (Wildman–Crippen LogP) is 4.47. The summed E-state index contributed by atoms with van der Waals surface area (Å²) in [5.74, 6) is 1.31. The van der Waals surface area contributed by atoms with Gasteiger partial charge in [-0.2, -0.15) is 4.98 Å². The molecular formula is C25H24N4O4. The van der Waals surface area contributed by atoms with Gasteiger partial charge in [0.1, 0.15) is 6.10 Å². The largest absolute Gasteiger partial charge is 0.478 e. The molecule has 1 saturated heterocycles. The number of aromatic nitrogens is 3. The lowest BCUT2D eigenvalue weighted by atomic mass is 10.0. The zero-order valence-corrected chi connectivity index (χ0v) is 18.3. The molecule has 33 heavy (non-hydrogen) atoms. The topological polar surface area (TPSA) is 99.4 Å². The minimum Gasteiger partial charge on any atom is -0.478 e. The molecule has 8 heteroatoms. The van der Waals surface area contributed by atoms with E-state index in [-0.39, 0.29) is 18.6 Å². The van der Waals surface area contributed by atoms with Gasteiger partial charge in [-0.15, -0.1) is 0 Å². The van der Waals surface area contributed by atoms with Crippen molar-refractivity contribution in [3.05, 3.63) is 72.0 Å². The van der Waals surface area contributed by atoms with E-state index in [2.05, 4.69) is 26.5 Å². The standard InChI is InChI=1S/C25H24N4O4/c1-2-31-24-20(5-3-11-26-24)18-9-7-17-14-19(10-8-16(17)13-18)23(30)27-15-22-28-25(33-29-22)21-6-4-12-32-21/h3,5,7-11,13-14,21H,2,4,6,12,15H2,1H3,(H,27,30). The first-order valence-corrected chi connectivity index (χ1v) is 11.1. The van der Waals surface area contributed by atoms with Crippen molar-refractivity contribution in [1.82, 2.24) is 20.4 Å². The highest BCUT2D eigenvalue weighted by molar-refractivity contribution is 5.99.